The molecule has 1 aliphatic rings. The first-order valence-corrected chi connectivity index (χ1v) is 13.5. The highest BCUT2D eigenvalue weighted by molar-refractivity contribution is 8.08. The minimum Gasteiger partial charge on any atom is -0.387 e. The molecule has 0 spiro atoms. The number of aliphatic hydroxyl groups excluding tert-OH is 2. The summed E-state index contributed by atoms with van der Waals surface area (Å²) in [6.07, 6.45) is -3.26. The quantitative estimate of drug-likeness (QED) is 0.194. The summed E-state index contributed by atoms with van der Waals surface area (Å²) in [7, 11) is -10.9. The van der Waals surface area contributed by atoms with Crippen molar-refractivity contribution in [2.24, 2.45) is 0 Å². The lowest BCUT2D eigenvalue weighted by Gasteiger charge is -2.21. The molecule has 31 heavy (non-hydrogen) atoms. The number of aliphatic hydroxyl groups is 2. The molecular formula is C10H16N5O12P3S. The number of aromatic nitrogens is 4. The van der Waals surface area contributed by atoms with E-state index in [0.29, 0.717) is 0 Å². The molecule has 174 valence electrons. The molecular weight excluding hydrogens is 507 g/mol. The average molecular weight is 523 g/mol. The van der Waals surface area contributed by atoms with Crippen molar-refractivity contribution in [3.05, 3.63) is 12.7 Å². The van der Waals surface area contributed by atoms with Crippen LogP contribution in [0, 0.1) is 0 Å². The van der Waals surface area contributed by atoms with Crippen LogP contribution in [0.5, 0.6) is 0 Å². The highest BCUT2D eigenvalue weighted by atomic mass is 32.5. The largest absolute Gasteiger partial charge is 0.488 e. The van der Waals surface area contributed by atoms with Crippen LogP contribution < -0.4 is 5.73 Å². The summed E-state index contributed by atoms with van der Waals surface area (Å²) in [5.41, 5.74) is 6.10. The number of hydrogen-bond acceptors (Lipinski definition) is 13. The Hall–Kier alpha value is -0.940. The lowest BCUT2D eigenvalue weighted by atomic mass is 10.1. The predicted octanol–water partition coefficient (Wildman–Crippen LogP) is -1.51. The third-order valence-corrected chi connectivity index (χ3v) is 8.54. The van der Waals surface area contributed by atoms with Gasteiger partial charge in [0.2, 0.25) is 0 Å². The zero-order valence-electron chi connectivity index (χ0n) is 14.9. The van der Waals surface area contributed by atoms with E-state index in [1.54, 1.807) is 0 Å². The van der Waals surface area contributed by atoms with Crippen LogP contribution in [0.4, 0.5) is 5.82 Å². The summed E-state index contributed by atoms with van der Waals surface area (Å²) in [5, 5.41) is 20.5. The van der Waals surface area contributed by atoms with Gasteiger partial charge in [0.15, 0.2) is 17.7 Å². The van der Waals surface area contributed by atoms with Crippen molar-refractivity contribution in [1.82, 2.24) is 19.5 Å². The van der Waals surface area contributed by atoms with E-state index >= 15 is 0 Å². The lowest BCUT2D eigenvalue weighted by Crippen LogP contribution is -2.33. The highest BCUT2D eigenvalue weighted by Gasteiger charge is 2.46. The Morgan fingerprint density at radius 1 is 1.13 bits per heavy atom. The van der Waals surface area contributed by atoms with Gasteiger partial charge in [-0.05, 0) is 11.8 Å². The smallest absolute Gasteiger partial charge is 0.387 e. The molecule has 6 atom stereocenters. The molecule has 0 aliphatic carbocycles. The third-order valence-electron chi connectivity index (χ3n) is 3.82. The predicted molar refractivity (Wildman–Crippen MR) is 102 cm³/mol. The van der Waals surface area contributed by atoms with Gasteiger partial charge >= 0.3 is 22.4 Å². The first-order chi connectivity index (χ1) is 14.2. The van der Waals surface area contributed by atoms with E-state index in [2.05, 4.69) is 35.4 Å². The molecule has 2 aromatic rings. The molecule has 1 fully saturated rings. The van der Waals surface area contributed by atoms with Crippen LogP contribution in [0.15, 0.2) is 12.7 Å². The second-order valence-electron chi connectivity index (χ2n) is 6.02. The van der Waals surface area contributed by atoms with Gasteiger partial charge in [-0.25, -0.2) is 28.4 Å². The zero-order valence-corrected chi connectivity index (χ0v) is 18.4. The minimum absolute atomic E-state index is 0.0701. The monoisotopic (exact) mass is 523 g/mol. The van der Waals surface area contributed by atoms with Gasteiger partial charge in [-0.15, -0.1) is 0 Å². The SMILES string of the molecule is Nc1ncnc2c1ncn2[C@@H]1O[C@H](COP(O)(=S)OP(=O)(O)OP(=O)(O)O)C(O)[C@@H]1O. The van der Waals surface area contributed by atoms with Gasteiger partial charge < -0.3 is 44.8 Å². The molecule has 0 amide bonds. The number of anilines is 1. The Balaban J connectivity index is 1.69. The van der Waals surface area contributed by atoms with E-state index in [1.165, 1.54) is 10.9 Å². The van der Waals surface area contributed by atoms with Gasteiger partial charge in [-0.2, -0.15) is 4.31 Å². The van der Waals surface area contributed by atoms with Gasteiger partial charge in [0, 0.05) is 0 Å². The second kappa shape index (κ2) is 8.78. The Kier molecular flexibility index (Phi) is 6.99. The molecule has 21 heteroatoms. The number of fused-ring (bicyclic) bond motifs is 1. The van der Waals surface area contributed by atoms with Crippen molar-refractivity contribution in [2.45, 2.75) is 24.5 Å². The van der Waals surface area contributed by atoms with Crippen molar-refractivity contribution in [2.75, 3.05) is 12.3 Å². The van der Waals surface area contributed by atoms with E-state index in [0.717, 1.165) is 6.33 Å². The molecule has 3 unspecified atom stereocenters. The van der Waals surface area contributed by atoms with Gasteiger partial charge in [0.25, 0.3) is 0 Å². The lowest BCUT2D eigenvalue weighted by molar-refractivity contribution is -0.0486. The third kappa shape index (κ3) is 5.90. The number of imidazole rings is 1. The van der Waals surface area contributed by atoms with Crippen molar-refractivity contribution in [3.63, 3.8) is 0 Å². The molecule has 1 aliphatic heterocycles. The van der Waals surface area contributed by atoms with Crippen molar-refractivity contribution >= 4 is 51.2 Å². The maximum atomic E-state index is 11.5. The van der Waals surface area contributed by atoms with Crippen LogP contribution >= 0.6 is 22.4 Å². The molecule has 2 aromatic heterocycles. The fourth-order valence-corrected chi connectivity index (χ4v) is 6.59. The summed E-state index contributed by atoms with van der Waals surface area (Å²) in [6, 6.07) is 0. The first kappa shape index (κ1) is 24.7. The molecule has 0 radical (unpaired) electrons. The molecule has 0 saturated carbocycles. The van der Waals surface area contributed by atoms with Crippen LogP contribution in [-0.4, -0.2) is 74.2 Å². The van der Waals surface area contributed by atoms with Crippen molar-refractivity contribution in [1.29, 1.82) is 0 Å². The standard InChI is InChI=1S/C10H16N5O12P3S/c11-8-5-9(13-2-12-8)15(3-14-5)10-7(17)6(16)4(25-10)1-24-30(23,31)27-29(21,22)26-28(18,19)20/h2-4,6-7,10,16-17H,1H2,(H,21,22)(H,23,31)(H2,11,12,13)(H2,18,19,20)/t4-,6?,7+,10-,30?/m1/s1. The summed E-state index contributed by atoms with van der Waals surface area (Å²) < 4.78 is 41.3. The van der Waals surface area contributed by atoms with Crippen LogP contribution in [0.2, 0.25) is 0 Å². The Morgan fingerprint density at radius 3 is 2.45 bits per heavy atom. The Bertz CT molecular complexity index is 1110. The zero-order chi connectivity index (χ0) is 23.2. The van der Waals surface area contributed by atoms with Crippen LogP contribution in [-0.2, 0) is 38.8 Å². The van der Waals surface area contributed by atoms with Gasteiger partial charge in [0.1, 0.15) is 30.2 Å². The number of nitrogens with two attached hydrogens (primary N) is 1. The summed E-state index contributed by atoms with van der Waals surface area (Å²) in [5.74, 6) is 0.0701. The number of nitrogen functional groups attached to an aromatic ring is 1. The van der Waals surface area contributed by atoms with E-state index in [1.807, 2.05) is 0 Å². The van der Waals surface area contributed by atoms with Gasteiger partial charge in [-0.1, -0.05) is 0 Å². The molecule has 0 bridgehead atoms. The number of phosphoric acid groups is 2. The maximum absolute atomic E-state index is 11.5. The topological polar surface area (TPSA) is 262 Å². The fraction of sp³-hybridized carbons (Fsp3) is 0.500. The molecule has 1 saturated heterocycles. The minimum atomic E-state index is -5.49. The number of hydrogen-bond donors (Lipinski definition) is 7. The Labute approximate surface area is 177 Å². The van der Waals surface area contributed by atoms with Crippen LogP contribution in [0.3, 0.4) is 0 Å². The van der Waals surface area contributed by atoms with E-state index in [9.17, 15) is 29.1 Å². The van der Waals surface area contributed by atoms with E-state index in [4.69, 9.17) is 24.8 Å². The van der Waals surface area contributed by atoms with Gasteiger partial charge in [0.05, 0.1) is 12.9 Å². The number of ether oxygens (including phenoxy) is 1. The molecule has 3 heterocycles. The first-order valence-electron chi connectivity index (χ1n) is 7.92. The second-order valence-corrected chi connectivity index (χ2v) is 11.8. The fourth-order valence-electron chi connectivity index (χ4n) is 2.62. The van der Waals surface area contributed by atoms with Gasteiger partial charge in [-0.3, -0.25) is 4.57 Å². The Morgan fingerprint density at radius 2 is 1.81 bits per heavy atom. The number of rotatable bonds is 8. The summed E-state index contributed by atoms with van der Waals surface area (Å²) in [6.45, 7) is -5.35. The number of nitrogens with zero attached hydrogens (tertiary/aromatic N) is 4. The van der Waals surface area contributed by atoms with Crippen molar-refractivity contribution < 1.29 is 56.8 Å². The van der Waals surface area contributed by atoms with Crippen LogP contribution in [0.25, 0.3) is 11.2 Å². The average Bonchev–Trinajstić information content (AvgIpc) is 3.13. The van der Waals surface area contributed by atoms with E-state index < -0.39 is 53.5 Å². The van der Waals surface area contributed by atoms with Crippen molar-refractivity contribution in [3.8, 4) is 0 Å². The summed E-state index contributed by atoms with van der Waals surface area (Å²) in [4.78, 5) is 48.0. The normalized spacial score (nSPS) is 28.5. The maximum Gasteiger partial charge on any atom is 0.488 e. The molecule has 0 aromatic carbocycles. The summed E-state index contributed by atoms with van der Waals surface area (Å²) >= 11 is 4.48. The highest BCUT2D eigenvalue weighted by Crippen LogP contribution is 2.66. The molecule has 17 nitrogen and oxygen atoms in total. The van der Waals surface area contributed by atoms with E-state index in [-0.39, 0.29) is 17.0 Å². The molecule has 8 N–H and O–H groups in total. The van der Waals surface area contributed by atoms with Crippen LogP contribution in [0.1, 0.15) is 6.23 Å². The molecule has 3 rings (SSSR count).